The summed E-state index contributed by atoms with van der Waals surface area (Å²) in [5.74, 6) is -0.284. The number of hydrogen-bond acceptors (Lipinski definition) is 4. The first-order valence-corrected chi connectivity index (χ1v) is 12.6. The molecule has 1 unspecified atom stereocenters. The molecule has 2 heterocycles. The molecule has 33 heavy (non-hydrogen) atoms. The van der Waals surface area contributed by atoms with Crippen molar-refractivity contribution in [1.82, 2.24) is 14.6 Å². The van der Waals surface area contributed by atoms with E-state index in [4.69, 9.17) is 0 Å². The molecule has 3 aromatic rings. The number of amides is 1. The summed E-state index contributed by atoms with van der Waals surface area (Å²) in [7, 11) is -3.57. The number of benzene rings is 2. The van der Waals surface area contributed by atoms with Gasteiger partial charge in [-0.3, -0.25) is 9.78 Å². The van der Waals surface area contributed by atoms with E-state index in [-0.39, 0.29) is 17.9 Å². The molecule has 1 aliphatic heterocycles. The summed E-state index contributed by atoms with van der Waals surface area (Å²) < 4.78 is 27.8. The molecular weight excluding hydrogens is 434 g/mol. The number of piperidine rings is 1. The van der Waals surface area contributed by atoms with E-state index in [9.17, 15) is 13.2 Å². The van der Waals surface area contributed by atoms with E-state index in [2.05, 4.69) is 10.3 Å². The van der Waals surface area contributed by atoms with Gasteiger partial charge in [-0.25, -0.2) is 8.42 Å². The minimum Gasteiger partial charge on any atom is -0.345 e. The van der Waals surface area contributed by atoms with Crippen LogP contribution in [-0.2, 0) is 14.8 Å². The molecule has 1 aromatic heterocycles. The lowest BCUT2D eigenvalue weighted by Gasteiger charge is -2.32. The first kappa shape index (κ1) is 23.1. The molecule has 0 bridgehead atoms. The Morgan fingerprint density at radius 2 is 1.61 bits per heavy atom. The minimum absolute atomic E-state index is 0.0516. The number of aryl methyl sites for hydroxylation is 2. The molecular formula is C26H29N3O3S. The maximum absolute atomic E-state index is 13.2. The zero-order valence-electron chi connectivity index (χ0n) is 18.9. The molecule has 7 heteroatoms. The topological polar surface area (TPSA) is 79.4 Å². The normalized spacial score (nSPS) is 16.3. The second-order valence-electron chi connectivity index (χ2n) is 8.58. The van der Waals surface area contributed by atoms with Crippen LogP contribution in [0.25, 0.3) is 0 Å². The van der Waals surface area contributed by atoms with Crippen molar-refractivity contribution in [2.45, 2.75) is 37.6 Å². The third kappa shape index (κ3) is 5.15. The van der Waals surface area contributed by atoms with E-state index in [0.717, 1.165) is 22.3 Å². The molecule has 1 amide bonds. The van der Waals surface area contributed by atoms with Gasteiger partial charge in [-0.05, 0) is 61.6 Å². The van der Waals surface area contributed by atoms with Crippen molar-refractivity contribution in [3.8, 4) is 0 Å². The van der Waals surface area contributed by atoms with Gasteiger partial charge in [0.05, 0.1) is 10.9 Å². The number of nitrogens with zero attached hydrogens (tertiary/aromatic N) is 2. The van der Waals surface area contributed by atoms with Crippen molar-refractivity contribution in [1.29, 1.82) is 0 Å². The summed E-state index contributed by atoms with van der Waals surface area (Å²) >= 11 is 0. The predicted octanol–water partition coefficient (Wildman–Crippen LogP) is 4.00. The number of carbonyl (C=O) groups excluding carboxylic acids is 1. The maximum atomic E-state index is 13.2. The number of sulfonamides is 1. The third-order valence-electron chi connectivity index (χ3n) is 6.23. The molecule has 0 saturated carbocycles. The highest BCUT2D eigenvalue weighted by Crippen LogP contribution is 2.28. The standard InChI is InChI=1S/C26H29N3O3S/c1-19-8-9-24(20(2)18-19)33(31,32)29-16-12-23(13-17-29)26(30)28-25(21-6-4-3-5-7-21)22-10-14-27-15-11-22/h3-11,14-15,18,23,25H,12-13,16-17H2,1-2H3,(H,28,30). The van der Waals surface area contributed by atoms with E-state index < -0.39 is 10.0 Å². The van der Waals surface area contributed by atoms with Gasteiger partial charge in [-0.15, -0.1) is 0 Å². The Bertz CT molecular complexity index is 1170. The lowest BCUT2D eigenvalue weighted by atomic mass is 9.94. The van der Waals surface area contributed by atoms with Gasteiger partial charge in [0.15, 0.2) is 0 Å². The summed E-state index contributed by atoms with van der Waals surface area (Å²) in [4.78, 5) is 17.6. The minimum atomic E-state index is -3.57. The monoisotopic (exact) mass is 463 g/mol. The average Bonchev–Trinajstić information content (AvgIpc) is 2.83. The van der Waals surface area contributed by atoms with Gasteiger partial charge < -0.3 is 5.32 Å². The van der Waals surface area contributed by atoms with Crippen LogP contribution < -0.4 is 5.32 Å². The highest BCUT2D eigenvalue weighted by Gasteiger charge is 2.33. The van der Waals surface area contributed by atoms with E-state index in [1.165, 1.54) is 4.31 Å². The summed E-state index contributed by atoms with van der Waals surface area (Å²) in [5.41, 5.74) is 3.73. The number of pyridine rings is 1. The van der Waals surface area contributed by atoms with Gasteiger partial charge in [0.1, 0.15) is 0 Å². The Kier molecular flexibility index (Phi) is 6.91. The number of carbonyl (C=O) groups is 1. The number of aromatic nitrogens is 1. The van der Waals surface area contributed by atoms with Crippen LogP contribution >= 0.6 is 0 Å². The van der Waals surface area contributed by atoms with E-state index in [1.807, 2.05) is 68.4 Å². The van der Waals surface area contributed by atoms with Crippen molar-refractivity contribution in [3.63, 3.8) is 0 Å². The Morgan fingerprint density at radius 1 is 0.970 bits per heavy atom. The summed E-state index contributed by atoms with van der Waals surface area (Å²) in [6, 6.07) is 18.7. The Hall–Kier alpha value is -3.03. The molecule has 1 saturated heterocycles. The van der Waals surface area contributed by atoms with Crippen LogP contribution in [0.2, 0.25) is 0 Å². The van der Waals surface area contributed by atoms with Crippen LogP contribution in [0.15, 0.2) is 78.0 Å². The number of hydrogen-bond donors (Lipinski definition) is 1. The summed E-state index contributed by atoms with van der Waals surface area (Å²) in [6.45, 7) is 4.43. The third-order valence-corrected chi connectivity index (χ3v) is 8.29. The highest BCUT2D eigenvalue weighted by atomic mass is 32.2. The van der Waals surface area contributed by atoms with Crippen LogP contribution in [0.4, 0.5) is 0 Å². The van der Waals surface area contributed by atoms with E-state index >= 15 is 0 Å². The summed E-state index contributed by atoms with van der Waals surface area (Å²) in [5, 5.41) is 3.19. The largest absolute Gasteiger partial charge is 0.345 e. The molecule has 1 atom stereocenters. The van der Waals surface area contributed by atoms with Gasteiger partial charge in [0.2, 0.25) is 15.9 Å². The van der Waals surface area contributed by atoms with Crippen molar-refractivity contribution >= 4 is 15.9 Å². The first-order chi connectivity index (χ1) is 15.9. The molecule has 1 N–H and O–H groups in total. The average molecular weight is 464 g/mol. The van der Waals surface area contributed by atoms with Crippen LogP contribution in [0, 0.1) is 19.8 Å². The molecule has 0 aliphatic carbocycles. The Labute approximate surface area is 195 Å². The van der Waals surface area contributed by atoms with Gasteiger partial charge in [0.25, 0.3) is 0 Å². The fourth-order valence-electron chi connectivity index (χ4n) is 4.41. The molecule has 172 valence electrons. The van der Waals surface area contributed by atoms with Gasteiger partial charge in [0, 0.05) is 31.4 Å². The Morgan fingerprint density at radius 3 is 2.24 bits per heavy atom. The number of rotatable bonds is 6. The maximum Gasteiger partial charge on any atom is 0.243 e. The smallest absolute Gasteiger partial charge is 0.243 e. The van der Waals surface area contributed by atoms with E-state index in [1.54, 1.807) is 18.5 Å². The van der Waals surface area contributed by atoms with Crippen LogP contribution in [0.1, 0.15) is 41.1 Å². The van der Waals surface area contributed by atoms with Gasteiger partial charge in [-0.1, -0.05) is 48.0 Å². The predicted molar refractivity (Wildman–Crippen MR) is 128 cm³/mol. The second-order valence-corrected chi connectivity index (χ2v) is 10.5. The van der Waals surface area contributed by atoms with Crippen LogP contribution in [0.5, 0.6) is 0 Å². The quantitative estimate of drug-likeness (QED) is 0.599. The fourth-order valence-corrected chi connectivity index (χ4v) is 6.08. The molecule has 0 spiro atoms. The number of nitrogens with one attached hydrogen (secondary N) is 1. The first-order valence-electron chi connectivity index (χ1n) is 11.2. The molecule has 1 aliphatic rings. The highest BCUT2D eigenvalue weighted by molar-refractivity contribution is 7.89. The van der Waals surface area contributed by atoms with Crippen molar-refractivity contribution in [2.75, 3.05) is 13.1 Å². The van der Waals surface area contributed by atoms with Crippen molar-refractivity contribution in [3.05, 3.63) is 95.3 Å². The lowest BCUT2D eigenvalue weighted by Crippen LogP contribution is -2.44. The Balaban J connectivity index is 1.45. The molecule has 0 radical (unpaired) electrons. The fraction of sp³-hybridized carbons (Fsp3) is 0.308. The second kappa shape index (κ2) is 9.85. The summed E-state index contributed by atoms with van der Waals surface area (Å²) in [6.07, 6.45) is 4.42. The molecule has 4 rings (SSSR count). The molecule has 1 fully saturated rings. The zero-order chi connectivity index (χ0) is 23.4. The molecule has 6 nitrogen and oxygen atoms in total. The SMILES string of the molecule is Cc1ccc(S(=O)(=O)N2CCC(C(=O)NC(c3ccccc3)c3ccncc3)CC2)c(C)c1. The van der Waals surface area contributed by atoms with Crippen molar-refractivity contribution < 1.29 is 13.2 Å². The van der Waals surface area contributed by atoms with Crippen LogP contribution in [0.3, 0.4) is 0 Å². The van der Waals surface area contributed by atoms with Gasteiger partial charge in [-0.2, -0.15) is 4.31 Å². The molecule has 2 aromatic carbocycles. The zero-order valence-corrected chi connectivity index (χ0v) is 19.8. The van der Waals surface area contributed by atoms with Gasteiger partial charge >= 0.3 is 0 Å². The van der Waals surface area contributed by atoms with E-state index in [0.29, 0.717) is 30.8 Å². The lowest BCUT2D eigenvalue weighted by molar-refractivity contribution is -0.126. The van der Waals surface area contributed by atoms with Crippen LogP contribution in [-0.4, -0.2) is 36.7 Å². The van der Waals surface area contributed by atoms with Crippen molar-refractivity contribution in [2.24, 2.45) is 5.92 Å².